The minimum atomic E-state index is 0.547. The number of fused-ring (bicyclic) bond motifs is 1. The van der Waals surface area contributed by atoms with Crippen molar-refractivity contribution in [2.75, 3.05) is 20.1 Å². The Kier molecular flexibility index (Phi) is 3.39. The highest BCUT2D eigenvalue weighted by molar-refractivity contribution is 5.83. The summed E-state index contributed by atoms with van der Waals surface area (Å²) in [6, 6.07) is 14.5. The first-order valence-corrected chi connectivity index (χ1v) is 7.90. The molecule has 1 aromatic carbocycles. The lowest BCUT2D eigenvalue weighted by Crippen LogP contribution is -2.29. The summed E-state index contributed by atoms with van der Waals surface area (Å²) in [5.74, 6) is 1.43. The quantitative estimate of drug-likeness (QED) is 0.727. The SMILES string of the molecule is CN1CCC(c2nn(-c3ccccn3)c3ccccc23)CC1. The van der Waals surface area contributed by atoms with Crippen molar-refractivity contribution >= 4 is 10.9 Å². The van der Waals surface area contributed by atoms with Gasteiger partial charge in [0.05, 0.1) is 11.2 Å². The molecule has 0 atom stereocenters. The van der Waals surface area contributed by atoms with Crippen LogP contribution in [0, 0.1) is 0 Å². The summed E-state index contributed by atoms with van der Waals surface area (Å²) in [7, 11) is 2.20. The summed E-state index contributed by atoms with van der Waals surface area (Å²) < 4.78 is 1.99. The van der Waals surface area contributed by atoms with Crippen LogP contribution in [0.4, 0.5) is 0 Å². The van der Waals surface area contributed by atoms with Gasteiger partial charge in [-0.3, -0.25) is 0 Å². The van der Waals surface area contributed by atoms with Gasteiger partial charge in [0, 0.05) is 17.5 Å². The number of piperidine rings is 1. The van der Waals surface area contributed by atoms with Gasteiger partial charge >= 0.3 is 0 Å². The number of likely N-dealkylation sites (tertiary alicyclic amines) is 1. The van der Waals surface area contributed by atoms with E-state index in [0.29, 0.717) is 5.92 Å². The van der Waals surface area contributed by atoms with Gasteiger partial charge in [0.2, 0.25) is 0 Å². The number of benzene rings is 1. The maximum atomic E-state index is 4.94. The van der Waals surface area contributed by atoms with E-state index in [1.165, 1.54) is 23.9 Å². The summed E-state index contributed by atoms with van der Waals surface area (Å²) >= 11 is 0. The third kappa shape index (κ3) is 2.29. The maximum absolute atomic E-state index is 4.94. The van der Waals surface area contributed by atoms with Crippen LogP contribution < -0.4 is 0 Å². The van der Waals surface area contributed by atoms with E-state index in [4.69, 9.17) is 5.10 Å². The van der Waals surface area contributed by atoms with Crippen molar-refractivity contribution in [3.8, 4) is 5.82 Å². The van der Waals surface area contributed by atoms with Crippen LogP contribution in [0.25, 0.3) is 16.7 Å². The van der Waals surface area contributed by atoms with Gasteiger partial charge in [-0.1, -0.05) is 24.3 Å². The summed E-state index contributed by atoms with van der Waals surface area (Å²) in [5.41, 5.74) is 2.38. The molecule has 0 amide bonds. The fourth-order valence-corrected chi connectivity index (χ4v) is 3.33. The molecule has 0 unspecified atom stereocenters. The second-order valence-corrected chi connectivity index (χ2v) is 6.08. The molecule has 1 fully saturated rings. The van der Waals surface area contributed by atoms with Gasteiger partial charge in [-0.15, -0.1) is 0 Å². The van der Waals surface area contributed by atoms with Gasteiger partial charge in [-0.05, 0) is 51.2 Å². The van der Waals surface area contributed by atoms with E-state index in [-0.39, 0.29) is 0 Å². The van der Waals surface area contributed by atoms with E-state index >= 15 is 0 Å². The fraction of sp³-hybridized carbons (Fsp3) is 0.333. The van der Waals surface area contributed by atoms with E-state index in [9.17, 15) is 0 Å². The molecule has 0 N–H and O–H groups in total. The zero-order valence-corrected chi connectivity index (χ0v) is 12.8. The first-order valence-electron chi connectivity index (χ1n) is 7.90. The van der Waals surface area contributed by atoms with Crippen molar-refractivity contribution in [1.82, 2.24) is 19.7 Å². The van der Waals surface area contributed by atoms with Crippen molar-refractivity contribution in [2.24, 2.45) is 0 Å². The van der Waals surface area contributed by atoms with Crippen LogP contribution >= 0.6 is 0 Å². The van der Waals surface area contributed by atoms with E-state index in [0.717, 1.165) is 24.4 Å². The molecule has 4 rings (SSSR count). The first-order chi connectivity index (χ1) is 10.8. The Morgan fingerprint density at radius 2 is 1.77 bits per heavy atom. The molecule has 2 aromatic heterocycles. The molecule has 3 aromatic rings. The van der Waals surface area contributed by atoms with Crippen molar-refractivity contribution in [3.05, 3.63) is 54.4 Å². The van der Waals surface area contributed by atoms with Gasteiger partial charge in [-0.2, -0.15) is 5.10 Å². The summed E-state index contributed by atoms with van der Waals surface area (Å²) in [6.07, 6.45) is 4.18. The highest BCUT2D eigenvalue weighted by atomic mass is 15.3. The zero-order chi connectivity index (χ0) is 14.9. The average Bonchev–Trinajstić information content (AvgIpc) is 2.96. The molecular weight excluding hydrogens is 272 g/mol. The number of hydrogen-bond donors (Lipinski definition) is 0. The van der Waals surface area contributed by atoms with Crippen molar-refractivity contribution in [1.29, 1.82) is 0 Å². The largest absolute Gasteiger partial charge is 0.306 e. The molecule has 1 saturated heterocycles. The van der Waals surface area contributed by atoms with Gasteiger partial charge in [0.15, 0.2) is 5.82 Å². The Morgan fingerprint density at radius 3 is 2.55 bits per heavy atom. The Hall–Kier alpha value is -2.20. The predicted octanol–water partition coefficient (Wildman–Crippen LogP) is 3.23. The number of nitrogens with zero attached hydrogens (tertiary/aromatic N) is 4. The summed E-state index contributed by atoms with van der Waals surface area (Å²) in [6.45, 7) is 2.30. The van der Waals surface area contributed by atoms with Gasteiger partial charge in [0.25, 0.3) is 0 Å². The minimum absolute atomic E-state index is 0.547. The van der Waals surface area contributed by atoms with Crippen molar-refractivity contribution < 1.29 is 0 Å². The first kappa shape index (κ1) is 13.5. The molecule has 112 valence electrons. The molecule has 1 aliphatic rings. The third-order valence-corrected chi connectivity index (χ3v) is 4.59. The third-order valence-electron chi connectivity index (χ3n) is 4.59. The molecule has 0 bridgehead atoms. The summed E-state index contributed by atoms with van der Waals surface area (Å²) in [5, 5.41) is 6.21. The van der Waals surface area contributed by atoms with Crippen LogP contribution in [0.2, 0.25) is 0 Å². The molecule has 22 heavy (non-hydrogen) atoms. The van der Waals surface area contributed by atoms with Crippen LogP contribution in [-0.2, 0) is 0 Å². The van der Waals surface area contributed by atoms with Crippen molar-refractivity contribution in [3.63, 3.8) is 0 Å². The average molecular weight is 292 g/mol. The molecule has 3 heterocycles. The second-order valence-electron chi connectivity index (χ2n) is 6.08. The maximum Gasteiger partial charge on any atom is 0.153 e. The number of rotatable bonds is 2. The molecule has 4 nitrogen and oxygen atoms in total. The predicted molar refractivity (Wildman–Crippen MR) is 88.3 cm³/mol. The summed E-state index contributed by atoms with van der Waals surface area (Å²) in [4.78, 5) is 6.86. The topological polar surface area (TPSA) is 34.0 Å². The van der Waals surface area contributed by atoms with E-state index in [2.05, 4.69) is 41.2 Å². The number of pyridine rings is 1. The number of aromatic nitrogens is 3. The normalized spacial score (nSPS) is 17.1. The van der Waals surface area contributed by atoms with Gasteiger partial charge in [-0.25, -0.2) is 9.67 Å². The Balaban J connectivity index is 1.83. The van der Waals surface area contributed by atoms with Crippen LogP contribution in [0.3, 0.4) is 0 Å². The fourth-order valence-electron chi connectivity index (χ4n) is 3.33. The lowest BCUT2D eigenvalue weighted by atomic mass is 9.92. The highest BCUT2D eigenvalue weighted by Crippen LogP contribution is 2.32. The minimum Gasteiger partial charge on any atom is -0.306 e. The lowest BCUT2D eigenvalue weighted by molar-refractivity contribution is 0.253. The van der Waals surface area contributed by atoms with E-state index < -0.39 is 0 Å². The Bertz CT molecular complexity index is 770. The van der Waals surface area contributed by atoms with Crippen molar-refractivity contribution in [2.45, 2.75) is 18.8 Å². The molecule has 0 spiro atoms. The van der Waals surface area contributed by atoms with Crippen LogP contribution in [-0.4, -0.2) is 39.8 Å². The van der Waals surface area contributed by atoms with Crippen LogP contribution in [0.1, 0.15) is 24.5 Å². The number of hydrogen-bond acceptors (Lipinski definition) is 3. The molecule has 0 radical (unpaired) electrons. The van der Waals surface area contributed by atoms with Crippen LogP contribution in [0.5, 0.6) is 0 Å². The second kappa shape index (κ2) is 5.54. The van der Waals surface area contributed by atoms with E-state index in [1.807, 2.05) is 29.1 Å². The molecule has 0 saturated carbocycles. The van der Waals surface area contributed by atoms with Gasteiger partial charge < -0.3 is 4.90 Å². The monoisotopic (exact) mass is 292 g/mol. The number of para-hydroxylation sites is 1. The van der Waals surface area contributed by atoms with Crippen LogP contribution in [0.15, 0.2) is 48.7 Å². The molecule has 1 aliphatic heterocycles. The van der Waals surface area contributed by atoms with E-state index in [1.54, 1.807) is 0 Å². The van der Waals surface area contributed by atoms with Gasteiger partial charge in [0.1, 0.15) is 0 Å². The molecule has 0 aliphatic carbocycles. The zero-order valence-electron chi connectivity index (χ0n) is 12.8. The molecular formula is C18H20N4. The Labute approximate surface area is 130 Å². The Morgan fingerprint density at radius 1 is 1.00 bits per heavy atom. The lowest BCUT2D eigenvalue weighted by Gasteiger charge is -2.28. The highest BCUT2D eigenvalue weighted by Gasteiger charge is 2.24. The smallest absolute Gasteiger partial charge is 0.153 e. The molecule has 4 heteroatoms. The standard InChI is InChI=1S/C18H20N4/c1-21-12-9-14(10-13-21)18-15-6-2-3-7-16(15)22(20-18)17-8-4-5-11-19-17/h2-8,11,14H,9-10,12-13H2,1H3.